The Kier molecular flexibility index (Phi) is 11.2. The first-order valence-corrected chi connectivity index (χ1v) is 25.4. The number of benzene rings is 3. The smallest absolute Gasteiger partial charge is 0.255 e. The van der Waals surface area contributed by atoms with Crippen molar-refractivity contribution in [3.8, 4) is 11.8 Å². The monoisotopic (exact) mass is 959 g/mol. The van der Waals surface area contributed by atoms with Crippen LogP contribution in [-0.2, 0) is 35.9 Å². The van der Waals surface area contributed by atoms with Gasteiger partial charge in [0.25, 0.3) is 5.91 Å². The Balaban J connectivity index is 0.784. The second kappa shape index (κ2) is 16.8. The van der Waals surface area contributed by atoms with Gasteiger partial charge in [-0.05, 0) is 130 Å². The average Bonchev–Trinajstić information content (AvgIpc) is 3.91. The minimum Gasteiger partial charge on any atom is -0.342 e. The molecule has 4 saturated carbocycles. The van der Waals surface area contributed by atoms with Crippen LogP contribution in [0.1, 0.15) is 141 Å². The quantitative estimate of drug-likeness (QED) is 0.187. The van der Waals surface area contributed by atoms with E-state index in [2.05, 4.69) is 27.4 Å². The van der Waals surface area contributed by atoms with E-state index in [9.17, 15) is 24.0 Å². The molecule has 5 amide bonds. The Labute approximate surface area is 406 Å². The molecule has 0 aromatic heterocycles. The second-order valence-corrected chi connectivity index (χ2v) is 22.1. The van der Waals surface area contributed by atoms with Crippen molar-refractivity contribution in [3.05, 3.63) is 98.3 Å². The number of nitrogens with one attached hydrogen (secondary N) is 2. The maximum atomic E-state index is 16.6. The Morgan fingerprint density at radius 1 is 0.853 bits per heavy atom. The van der Waals surface area contributed by atoms with Crippen molar-refractivity contribution in [2.45, 2.75) is 138 Å². The topological polar surface area (TPSA) is 136 Å². The molecule has 9 aliphatic rings. The number of Topliss-reactive ketones (excluding diaryl/α,β-unsaturated/α-hetero) is 1. The van der Waals surface area contributed by atoms with Crippen LogP contribution in [0.25, 0.3) is 0 Å². The van der Waals surface area contributed by atoms with Crippen molar-refractivity contribution in [3.63, 3.8) is 0 Å². The number of hydrogen-bond acceptors (Lipinski definition) is 7. The molecule has 4 atom stereocenters. The molecule has 0 radical (unpaired) electrons. The fourth-order valence-corrected chi connectivity index (χ4v) is 14.9. The fraction of sp³-hybridized carbons (Fsp3) is 0.519. The number of carbonyl (C=O) groups is 6. The Hall–Kier alpha value is -5.09. The van der Waals surface area contributed by atoms with Gasteiger partial charge in [0.05, 0.1) is 11.1 Å². The van der Waals surface area contributed by atoms with Crippen LogP contribution in [0.3, 0.4) is 0 Å². The van der Waals surface area contributed by atoms with Gasteiger partial charge in [-0.1, -0.05) is 78.6 Å². The number of ketones is 1. The van der Waals surface area contributed by atoms with Gasteiger partial charge in [-0.2, -0.15) is 0 Å². The summed E-state index contributed by atoms with van der Waals surface area (Å²) in [5, 5.41) is 5.95. The van der Waals surface area contributed by atoms with E-state index in [1.54, 1.807) is 35.2 Å². The third-order valence-corrected chi connectivity index (χ3v) is 18.7. The lowest BCUT2D eigenvalue weighted by atomic mass is 9.51. The van der Waals surface area contributed by atoms with E-state index in [4.69, 9.17) is 23.2 Å². The van der Waals surface area contributed by atoms with Crippen molar-refractivity contribution >= 4 is 64.2 Å². The third kappa shape index (κ3) is 6.83. The van der Waals surface area contributed by atoms with E-state index in [-0.39, 0.29) is 64.3 Å². The van der Waals surface area contributed by atoms with E-state index in [1.807, 2.05) is 30.1 Å². The van der Waals surface area contributed by atoms with E-state index in [1.165, 1.54) is 6.07 Å². The maximum absolute atomic E-state index is 16.6. The normalized spacial score (nSPS) is 30.9. The van der Waals surface area contributed by atoms with E-state index >= 15 is 9.18 Å². The lowest BCUT2D eigenvalue weighted by Crippen LogP contribution is -2.60. The van der Waals surface area contributed by atoms with Gasteiger partial charge in [-0.25, -0.2) is 4.39 Å². The number of halogens is 3. The zero-order valence-electron chi connectivity index (χ0n) is 38.4. The number of likely N-dealkylation sites (tertiary alicyclic amines) is 2. The molecule has 3 aromatic rings. The van der Waals surface area contributed by atoms with Crippen LogP contribution in [-0.4, -0.2) is 87.8 Å². The minimum absolute atomic E-state index is 0.0107. The summed E-state index contributed by atoms with van der Waals surface area (Å²) >= 11 is 13.0. The zero-order valence-corrected chi connectivity index (χ0v) is 39.9. The van der Waals surface area contributed by atoms with Crippen LogP contribution in [0, 0.1) is 34.4 Å². The number of likely N-dealkylation sites (N-methyl/N-ethyl adjacent to an activating group) is 1. The number of fused-ring (bicyclic) bond motifs is 7. The molecule has 11 nitrogen and oxygen atoms in total. The largest absolute Gasteiger partial charge is 0.342 e. The molecule has 4 aliphatic carbocycles. The molecule has 14 heteroatoms. The van der Waals surface area contributed by atoms with Crippen LogP contribution in [0.2, 0.25) is 10.0 Å². The molecule has 2 N–H and O–H groups in total. The fourth-order valence-electron chi connectivity index (χ4n) is 14.6. The minimum atomic E-state index is -1.27. The van der Waals surface area contributed by atoms with Crippen molar-refractivity contribution < 1.29 is 33.2 Å². The Bertz CT molecular complexity index is 2730. The number of rotatable bonds is 6. The molecule has 3 saturated heterocycles. The average molecular weight is 961 g/mol. The molecule has 354 valence electrons. The Morgan fingerprint density at radius 2 is 1.57 bits per heavy atom. The number of anilines is 1. The molecular weight excluding hydrogens is 905 g/mol. The summed E-state index contributed by atoms with van der Waals surface area (Å²) in [7, 11) is 1.98. The molecule has 5 heterocycles. The number of carbonyl (C=O) groups excluding carboxylic acids is 6. The highest BCUT2D eigenvalue weighted by Gasteiger charge is 2.75. The van der Waals surface area contributed by atoms with Gasteiger partial charge in [0.1, 0.15) is 17.3 Å². The van der Waals surface area contributed by atoms with Gasteiger partial charge in [-0.3, -0.25) is 39.0 Å². The number of imide groups is 1. The van der Waals surface area contributed by atoms with Crippen LogP contribution < -0.4 is 10.6 Å². The van der Waals surface area contributed by atoms with Crippen molar-refractivity contribution in [2.75, 3.05) is 25.5 Å². The Morgan fingerprint density at radius 3 is 2.29 bits per heavy atom. The third-order valence-electron chi connectivity index (χ3n) is 18.1. The van der Waals surface area contributed by atoms with Crippen LogP contribution in [0.15, 0.2) is 54.6 Å². The number of hydrogen-bond donors (Lipinski definition) is 2. The van der Waals surface area contributed by atoms with Crippen molar-refractivity contribution in [1.29, 1.82) is 0 Å². The molecular formula is C54H56Cl2FN5O6. The number of nitrogens with zero attached hydrogens (tertiary/aromatic N) is 3. The first-order chi connectivity index (χ1) is 32.7. The van der Waals surface area contributed by atoms with Gasteiger partial charge >= 0.3 is 0 Å². The highest BCUT2D eigenvalue weighted by molar-refractivity contribution is 6.31. The van der Waals surface area contributed by atoms with E-state index in [0.29, 0.717) is 74.3 Å². The second-order valence-electron chi connectivity index (χ2n) is 21.2. The van der Waals surface area contributed by atoms with Crippen molar-refractivity contribution in [1.82, 2.24) is 20.0 Å². The summed E-state index contributed by atoms with van der Waals surface area (Å²) in [6, 6.07) is 14.4. The number of piperidine rings is 2. The molecule has 68 heavy (non-hydrogen) atoms. The van der Waals surface area contributed by atoms with E-state index < -0.39 is 46.1 Å². The molecule has 7 fully saturated rings. The maximum Gasteiger partial charge on any atom is 0.255 e. The zero-order chi connectivity index (χ0) is 47.3. The lowest BCUT2D eigenvalue weighted by molar-refractivity contribution is -0.154. The molecule has 2 spiro atoms. The van der Waals surface area contributed by atoms with Crippen LogP contribution in [0.5, 0.6) is 0 Å². The molecule has 12 rings (SSSR count). The van der Waals surface area contributed by atoms with Crippen LogP contribution >= 0.6 is 23.2 Å². The standard InChI is InChI=1S/C54H56Cl2FN5O6/c1-60-46(44(36-9-6-10-39(56)45(36)57)54(53(60)19-3-2-4-20-53)38-14-13-34(55)29-40(38)58-49(54)67)42(63)30-51-21-24-52(25-22-51,26-23-51)50(68)61-27-17-32(18-28-61)11-12-33-7-5-8-35-37(33)31-62(48(35)66)41-15-16-43(64)59-47(41)65/h5-10,13-14,29,32,41,44,46H,2-4,15-28,30-31H2,1H3,(H,58,67)(H,59,64,65)/t41?,44-,46-,51?,52?,54+/m0/s1. The van der Waals surface area contributed by atoms with Gasteiger partial charge in [0, 0.05) is 77.1 Å². The summed E-state index contributed by atoms with van der Waals surface area (Å²) in [5.41, 5.74) is 0.957. The predicted octanol–water partition coefficient (Wildman–Crippen LogP) is 8.47. The van der Waals surface area contributed by atoms with Crippen molar-refractivity contribution in [2.24, 2.45) is 16.7 Å². The van der Waals surface area contributed by atoms with E-state index in [0.717, 1.165) is 68.1 Å². The van der Waals surface area contributed by atoms with Gasteiger partial charge in [0.15, 0.2) is 5.78 Å². The molecule has 1 unspecified atom stereocenters. The summed E-state index contributed by atoms with van der Waals surface area (Å²) in [5.74, 6) is 4.42. The first-order valence-electron chi connectivity index (χ1n) is 24.6. The summed E-state index contributed by atoms with van der Waals surface area (Å²) in [6.07, 6.45) is 10.8. The summed E-state index contributed by atoms with van der Waals surface area (Å²) < 4.78 is 16.6. The SMILES string of the molecule is CN1[C@@H](C(=O)CC23CCC(C(=O)N4CCC(C#Cc5cccc6c5CN(C5CCC(=O)NC5=O)C6=O)CC4)(CC2)CC3)[C@H](c2cccc(Cl)c2F)[C@]2(C(=O)Nc3cc(Cl)ccc32)C12CCCCC2. The molecule has 2 bridgehead atoms. The van der Waals surface area contributed by atoms with Gasteiger partial charge in [-0.15, -0.1) is 0 Å². The van der Waals surface area contributed by atoms with Gasteiger partial charge in [0.2, 0.25) is 23.6 Å². The number of amides is 5. The van der Waals surface area contributed by atoms with Crippen LogP contribution in [0.4, 0.5) is 10.1 Å². The highest BCUT2D eigenvalue weighted by Crippen LogP contribution is 2.67. The predicted molar refractivity (Wildman–Crippen MR) is 254 cm³/mol. The molecule has 3 aromatic carbocycles. The van der Waals surface area contributed by atoms with Gasteiger partial charge < -0.3 is 15.1 Å². The summed E-state index contributed by atoms with van der Waals surface area (Å²) in [4.78, 5) is 88.4. The highest BCUT2D eigenvalue weighted by atomic mass is 35.5. The summed E-state index contributed by atoms with van der Waals surface area (Å²) in [6.45, 7) is 1.49. The first kappa shape index (κ1) is 45.4. The lowest BCUT2D eigenvalue weighted by Gasteiger charge is -2.54. The molecule has 5 aliphatic heterocycles.